The summed E-state index contributed by atoms with van der Waals surface area (Å²) in [5.41, 5.74) is 1.28. The highest BCUT2D eigenvalue weighted by Crippen LogP contribution is 2.15. The van der Waals surface area contributed by atoms with Gasteiger partial charge in [-0.15, -0.1) is 0 Å². The number of aromatic nitrogens is 3. The van der Waals surface area contributed by atoms with Crippen LogP contribution in [0, 0.1) is 0 Å². The van der Waals surface area contributed by atoms with Crippen molar-refractivity contribution in [3.63, 3.8) is 0 Å². The van der Waals surface area contributed by atoms with Gasteiger partial charge >= 0.3 is 0 Å². The number of hydrogen-bond acceptors (Lipinski definition) is 4. The molecule has 0 fully saturated rings. The molecule has 5 heteroatoms. The summed E-state index contributed by atoms with van der Waals surface area (Å²) in [4.78, 5) is 4.39. The lowest BCUT2D eigenvalue weighted by atomic mass is 10.2. The Morgan fingerprint density at radius 2 is 2.15 bits per heavy atom. The van der Waals surface area contributed by atoms with Gasteiger partial charge in [-0.25, -0.2) is 0 Å². The molecule has 20 heavy (non-hydrogen) atoms. The van der Waals surface area contributed by atoms with E-state index in [0.29, 0.717) is 24.4 Å². The van der Waals surface area contributed by atoms with Gasteiger partial charge in [-0.1, -0.05) is 25.9 Å². The third kappa shape index (κ3) is 3.70. The predicted molar refractivity (Wildman–Crippen MR) is 78.6 cm³/mol. The minimum atomic E-state index is 0.297. The molecule has 2 aromatic rings. The fourth-order valence-electron chi connectivity index (χ4n) is 2.02. The van der Waals surface area contributed by atoms with E-state index in [4.69, 9.17) is 4.52 Å². The van der Waals surface area contributed by atoms with Crippen LogP contribution in [0.2, 0.25) is 0 Å². The summed E-state index contributed by atoms with van der Waals surface area (Å²) in [5, 5.41) is 7.46. The van der Waals surface area contributed by atoms with Crippen molar-refractivity contribution in [2.75, 3.05) is 6.54 Å². The van der Waals surface area contributed by atoms with Crippen LogP contribution >= 0.6 is 0 Å². The van der Waals surface area contributed by atoms with Crippen molar-refractivity contribution in [3.8, 4) is 0 Å². The number of nitrogens with one attached hydrogen (secondary N) is 1. The van der Waals surface area contributed by atoms with Crippen LogP contribution in [0.15, 0.2) is 23.0 Å². The molecule has 0 bridgehead atoms. The Morgan fingerprint density at radius 1 is 1.35 bits per heavy atom. The zero-order chi connectivity index (χ0) is 14.5. The van der Waals surface area contributed by atoms with Gasteiger partial charge in [0.2, 0.25) is 5.89 Å². The van der Waals surface area contributed by atoms with Crippen molar-refractivity contribution in [1.82, 2.24) is 20.0 Å². The molecule has 1 unspecified atom stereocenters. The molecular weight excluding hydrogens is 252 g/mol. The summed E-state index contributed by atoms with van der Waals surface area (Å²) < 4.78 is 7.35. The lowest BCUT2D eigenvalue weighted by molar-refractivity contribution is 0.364. The average molecular weight is 276 g/mol. The van der Waals surface area contributed by atoms with Crippen LogP contribution < -0.4 is 5.32 Å². The molecule has 0 saturated heterocycles. The van der Waals surface area contributed by atoms with Gasteiger partial charge in [0.25, 0.3) is 0 Å². The third-order valence-corrected chi connectivity index (χ3v) is 3.29. The van der Waals surface area contributed by atoms with Gasteiger partial charge in [0.15, 0.2) is 5.82 Å². The first-order chi connectivity index (χ1) is 9.60. The minimum absolute atomic E-state index is 0.297. The van der Waals surface area contributed by atoms with E-state index in [1.807, 2.05) is 0 Å². The SMILES string of the molecule is CCCNC(C)c1ccn(Cc2nc(C(C)C)no2)c1. The van der Waals surface area contributed by atoms with Gasteiger partial charge < -0.3 is 14.4 Å². The van der Waals surface area contributed by atoms with E-state index in [9.17, 15) is 0 Å². The smallest absolute Gasteiger partial charge is 0.246 e. The number of nitrogens with zero attached hydrogens (tertiary/aromatic N) is 3. The third-order valence-electron chi connectivity index (χ3n) is 3.29. The summed E-state index contributed by atoms with van der Waals surface area (Å²) in [7, 11) is 0. The maximum Gasteiger partial charge on any atom is 0.246 e. The highest BCUT2D eigenvalue weighted by Gasteiger charge is 2.11. The Kier molecular flexibility index (Phi) is 4.95. The summed E-state index contributed by atoms with van der Waals surface area (Å²) >= 11 is 0. The summed E-state index contributed by atoms with van der Waals surface area (Å²) in [6.45, 7) is 10.1. The molecule has 1 N–H and O–H groups in total. The highest BCUT2D eigenvalue weighted by molar-refractivity contribution is 5.15. The van der Waals surface area contributed by atoms with Gasteiger partial charge in [0, 0.05) is 24.4 Å². The Labute approximate surface area is 120 Å². The molecule has 2 aromatic heterocycles. The van der Waals surface area contributed by atoms with Crippen LogP contribution in [0.4, 0.5) is 0 Å². The molecule has 1 atom stereocenters. The fraction of sp³-hybridized carbons (Fsp3) is 0.600. The molecule has 0 aliphatic heterocycles. The number of hydrogen-bond donors (Lipinski definition) is 1. The van der Waals surface area contributed by atoms with Gasteiger partial charge in [-0.05, 0) is 31.5 Å². The zero-order valence-electron chi connectivity index (χ0n) is 12.8. The topological polar surface area (TPSA) is 55.9 Å². The second-order valence-corrected chi connectivity index (χ2v) is 5.49. The molecule has 0 amide bonds. The molecule has 0 aliphatic carbocycles. The average Bonchev–Trinajstić information content (AvgIpc) is 3.05. The lowest BCUT2D eigenvalue weighted by Gasteiger charge is -2.10. The van der Waals surface area contributed by atoms with E-state index in [1.165, 1.54) is 5.56 Å². The van der Waals surface area contributed by atoms with Crippen molar-refractivity contribution >= 4 is 0 Å². The van der Waals surface area contributed by atoms with Crippen molar-refractivity contribution in [1.29, 1.82) is 0 Å². The van der Waals surface area contributed by atoms with E-state index < -0.39 is 0 Å². The minimum Gasteiger partial charge on any atom is -0.345 e. The normalized spacial score (nSPS) is 13.1. The Hall–Kier alpha value is -1.62. The van der Waals surface area contributed by atoms with Gasteiger partial charge in [0.1, 0.15) is 6.54 Å². The largest absolute Gasteiger partial charge is 0.345 e. The van der Waals surface area contributed by atoms with Gasteiger partial charge in [0.05, 0.1) is 0 Å². The molecule has 0 aliphatic rings. The van der Waals surface area contributed by atoms with Gasteiger partial charge in [-0.2, -0.15) is 4.98 Å². The van der Waals surface area contributed by atoms with Crippen LogP contribution in [-0.2, 0) is 6.54 Å². The van der Waals surface area contributed by atoms with Crippen molar-refractivity contribution in [2.24, 2.45) is 0 Å². The second kappa shape index (κ2) is 6.70. The first-order valence-electron chi connectivity index (χ1n) is 7.31. The maximum absolute atomic E-state index is 5.27. The Morgan fingerprint density at radius 3 is 2.80 bits per heavy atom. The van der Waals surface area contributed by atoms with Crippen molar-refractivity contribution in [2.45, 2.75) is 52.6 Å². The van der Waals surface area contributed by atoms with E-state index in [0.717, 1.165) is 18.8 Å². The van der Waals surface area contributed by atoms with Crippen LogP contribution in [-0.4, -0.2) is 21.3 Å². The monoisotopic (exact) mass is 276 g/mol. The molecule has 2 heterocycles. The quantitative estimate of drug-likeness (QED) is 0.844. The van der Waals surface area contributed by atoms with E-state index in [1.54, 1.807) is 0 Å². The van der Waals surface area contributed by atoms with E-state index in [-0.39, 0.29) is 0 Å². The fourth-order valence-corrected chi connectivity index (χ4v) is 2.02. The molecule has 110 valence electrons. The van der Waals surface area contributed by atoms with Crippen LogP contribution in [0.1, 0.15) is 63.4 Å². The zero-order valence-corrected chi connectivity index (χ0v) is 12.8. The second-order valence-electron chi connectivity index (χ2n) is 5.49. The van der Waals surface area contributed by atoms with Crippen LogP contribution in [0.3, 0.4) is 0 Å². The molecule has 0 radical (unpaired) electrons. The first-order valence-corrected chi connectivity index (χ1v) is 7.31. The molecule has 0 aromatic carbocycles. The number of rotatable bonds is 7. The predicted octanol–water partition coefficient (Wildman–Crippen LogP) is 3.10. The van der Waals surface area contributed by atoms with Crippen LogP contribution in [0.5, 0.6) is 0 Å². The molecule has 2 rings (SSSR count). The Bertz CT molecular complexity index is 529. The summed E-state index contributed by atoms with van der Waals surface area (Å²) in [6, 6.07) is 2.50. The highest BCUT2D eigenvalue weighted by atomic mass is 16.5. The van der Waals surface area contributed by atoms with E-state index >= 15 is 0 Å². The molecule has 0 saturated carbocycles. The van der Waals surface area contributed by atoms with Crippen LogP contribution in [0.25, 0.3) is 0 Å². The van der Waals surface area contributed by atoms with Crippen molar-refractivity contribution < 1.29 is 4.52 Å². The molecular formula is C15H24N4O. The van der Waals surface area contributed by atoms with Crippen molar-refractivity contribution in [3.05, 3.63) is 35.7 Å². The van der Waals surface area contributed by atoms with E-state index in [2.05, 4.69) is 66.2 Å². The van der Waals surface area contributed by atoms with Gasteiger partial charge in [-0.3, -0.25) is 0 Å². The Balaban J connectivity index is 1.98. The molecule has 0 spiro atoms. The summed E-state index contributed by atoms with van der Waals surface area (Å²) in [6.07, 6.45) is 5.33. The maximum atomic E-state index is 5.27. The standard InChI is InChI=1S/C15H24N4O/c1-5-7-16-12(4)13-6-8-19(9-13)10-14-17-15(11(2)3)18-20-14/h6,8-9,11-12,16H,5,7,10H2,1-4H3. The lowest BCUT2D eigenvalue weighted by Crippen LogP contribution is -2.18. The first kappa shape index (κ1) is 14.8. The molecule has 5 nitrogen and oxygen atoms in total. The summed E-state index contributed by atoms with van der Waals surface area (Å²) in [5.74, 6) is 1.72.